The SMILES string of the molecule is CC1CCCCN1c1cccnn1. The van der Waals surface area contributed by atoms with Crippen LogP contribution in [0.3, 0.4) is 0 Å². The van der Waals surface area contributed by atoms with Crippen molar-refractivity contribution in [3.8, 4) is 0 Å². The summed E-state index contributed by atoms with van der Waals surface area (Å²) in [6.45, 7) is 3.38. The van der Waals surface area contributed by atoms with Gasteiger partial charge in [-0.1, -0.05) is 0 Å². The highest BCUT2D eigenvalue weighted by atomic mass is 15.3. The second-order valence-corrected chi connectivity index (χ2v) is 3.62. The van der Waals surface area contributed by atoms with Crippen molar-refractivity contribution in [2.75, 3.05) is 11.4 Å². The standard InChI is InChI=1S/C10H15N3/c1-9-5-2-3-8-13(9)10-6-4-7-11-12-10/h4,6-7,9H,2-3,5,8H2,1H3. The quantitative estimate of drug-likeness (QED) is 0.655. The minimum Gasteiger partial charge on any atom is -0.352 e. The third-order valence-electron chi connectivity index (χ3n) is 2.66. The minimum atomic E-state index is 0.616. The van der Waals surface area contributed by atoms with Crippen LogP contribution < -0.4 is 4.90 Å². The fourth-order valence-corrected chi connectivity index (χ4v) is 1.89. The average molecular weight is 177 g/mol. The van der Waals surface area contributed by atoms with Crippen LogP contribution in [-0.2, 0) is 0 Å². The van der Waals surface area contributed by atoms with Gasteiger partial charge in [-0.25, -0.2) is 0 Å². The summed E-state index contributed by atoms with van der Waals surface area (Å²) in [6.07, 6.45) is 5.62. The molecule has 1 atom stereocenters. The summed E-state index contributed by atoms with van der Waals surface area (Å²) in [5.74, 6) is 1.02. The minimum absolute atomic E-state index is 0.616. The number of anilines is 1. The molecule has 2 rings (SSSR count). The van der Waals surface area contributed by atoms with Crippen LogP contribution in [0.5, 0.6) is 0 Å². The molecule has 0 spiro atoms. The topological polar surface area (TPSA) is 29.0 Å². The van der Waals surface area contributed by atoms with Crippen molar-refractivity contribution in [3.63, 3.8) is 0 Å². The van der Waals surface area contributed by atoms with Gasteiger partial charge in [0.15, 0.2) is 5.82 Å². The Balaban J connectivity index is 2.15. The summed E-state index contributed by atoms with van der Waals surface area (Å²) < 4.78 is 0. The van der Waals surface area contributed by atoms with E-state index in [2.05, 4.69) is 22.0 Å². The van der Waals surface area contributed by atoms with Gasteiger partial charge >= 0.3 is 0 Å². The molecule has 0 aliphatic carbocycles. The van der Waals surface area contributed by atoms with E-state index in [1.54, 1.807) is 6.20 Å². The van der Waals surface area contributed by atoms with Gasteiger partial charge in [0, 0.05) is 18.8 Å². The van der Waals surface area contributed by atoms with Gasteiger partial charge in [-0.15, -0.1) is 5.10 Å². The number of hydrogen-bond donors (Lipinski definition) is 0. The van der Waals surface area contributed by atoms with E-state index in [-0.39, 0.29) is 0 Å². The second-order valence-electron chi connectivity index (χ2n) is 3.62. The van der Waals surface area contributed by atoms with E-state index in [0.717, 1.165) is 12.4 Å². The third kappa shape index (κ3) is 1.79. The van der Waals surface area contributed by atoms with Gasteiger partial charge in [0.25, 0.3) is 0 Å². The first-order valence-corrected chi connectivity index (χ1v) is 4.92. The summed E-state index contributed by atoms with van der Waals surface area (Å²) >= 11 is 0. The molecular formula is C10H15N3. The fraction of sp³-hybridized carbons (Fsp3) is 0.600. The highest BCUT2D eigenvalue weighted by Gasteiger charge is 2.19. The zero-order valence-electron chi connectivity index (χ0n) is 7.98. The Hall–Kier alpha value is -1.12. The molecule has 1 aromatic rings. The molecule has 1 saturated heterocycles. The molecule has 1 aromatic heterocycles. The summed E-state index contributed by atoms with van der Waals surface area (Å²) in [6, 6.07) is 4.60. The van der Waals surface area contributed by atoms with Crippen molar-refractivity contribution in [2.45, 2.75) is 32.2 Å². The van der Waals surface area contributed by atoms with Gasteiger partial charge in [0.2, 0.25) is 0 Å². The van der Waals surface area contributed by atoms with Crippen LogP contribution in [0, 0.1) is 0 Å². The molecule has 0 amide bonds. The molecule has 3 nitrogen and oxygen atoms in total. The Labute approximate surface area is 78.8 Å². The van der Waals surface area contributed by atoms with E-state index in [1.807, 2.05) is 12.1 Å². The Morgan fingerprint density at radius 2 is 2.38 bits per heavy atom. The largest absolute Gasteiger partial charge is 0.352 e. The van der Waals surface area contributed by atoms with Crippen LogP contribution >= 0.6 is 0 Å². The van der Waals surface area contributed by atoms with Crippen LogP contribution in [0.25, 0.3) is 0 Å². The van der Waals surface area contributed by atoms with Crippen molar-refractivity contribution in [1.29, 1.82) is 0 Å². The first-order chi connectivity index (χ1) is 6.38. The Bertz CT molecular complexity index is 260. The lowest BCUT2D eigenvalue weighted by molar-refractivity contribution is 0.479. The first kappa shape index (κ1) is 8.48. The van der Waals surface area contributed by atoms with Gasteiger partial charge in [0.05, 0.1) is 0 Å². The maximum atomic E-state index is 4.13. The van der Waals surface area contributed by atoms with Gasteiger partial charge in [-0.2, -0.15) is 5.10 Å². The van der Waals surface area contributed by atoms with Crippen molar-refractivity contribution >= 4 is 5.82 Å². The van der Waals surface area contributed by atoms with Gasteiger partial charge in [-0.05, 0) is 38.3 Å². The molecule has 0 N–H and O–H groups in total. The number of piperidine rings is 1. The zero-order valence-corrected chi connectivity index (χ0v) is 7.98. The molecule has 1 aliphatic heterocycles. The van der Waals surface area contributed by atoms with Crippen LogP contribution in [0.2, 0.25) is 0 Å². The normalized spacial score (nSPS) is 23.2. The maximum absolute atomic E-state index is 4.13. The molecule has 0 aromatic carbocycles. The van der Waals surface area contributed by atoms with Crippen molar-refractivity contribution in [2.24, 2.45) is 0 Å². The lowest BCUT2D eigenvalue weighted by Gasteiger charge is -2.33. The Kier molecular flexibility index (Phi) is 2.43. The smallest absolute Gasteiger partial charge is 0.151 e. The second kappa shape index (κ2) is 3.73. The van der Waals surface area contributed by atoms with Gasteiger partial charge in [-0.3, -0.25) is 0 Å². The molecule has 0 radical (unpaired) electrons. The van der Waals surface area contributed by atoms with Crippen LogP contribution in [-0.4, -0.2) is 22.8 Å². The van der Waals surface area contributed by atoms with Crippen LogP contribution in [0.15, 0.2) is 18.3 Å². The average Bonchev–Trinajstić information content (AvgIpc) is 2.20. The molecule has 1 aliphatic rings. The van der Waals surface area contributed by atoms with Crippen LogP contribution in [0.1, 0.15) is 26.2 Å². The molecule has 0 bridgehead atoms. The first-order valence-electron chi connectivity index (χ1n) is 4.92. The Morgan fingerprint density at radius 3 is 3.08 bits per heavy atom. The van der Waals surface area contributed by atoms with Crippen molar-refractivity contribution in [3.05, 3.63) is 18.3 Å². The lowest BCUT2D eigenvalue weighted by Crippen LogP contribution is -2.38. The van der Waals surface area contributed by atoms with Gasteiger partial charge in [0.1, 0.15) is 0 Å². The fourth-order valence-electron chi connectivity index (χ4n) is 1.89. The molecule has 13 heavy (non-hydrogen) atoms. The number of nitrogens with zero attached hydrogens (tertiary/aromatic N) is 3. The summed E-state index contributed by atoms with van der Waals surface area (Å²) in [5.41, 5.74) is 0. The van der Waals surface area contributed by atoms with E-state index >= 15 is 0 Å². The highest BCUT2D eigenvalue weighted by Crippen LogP contribution is 2.21. The monoisotopic (exact) mass is 177 g/mol. The predicted molar refractivity (Wildman–Crippen MR) is 52.7 cm³/mol. The molecular weight excluding hydrogens is 162 g/mol. The summed E-state index contributed by atoms with van der Waals surface area (Å²) in [5, 5.41) is 8.03. The zero-order chi connectivity index (χ0) is 9.10. The van der Waals surface area contributed by atoms with E-state index in [9.17, 15) is 0 Å². The molecule has 2 heterocycles. The number of aromatic nitrogens is 2. The predicted octanol–water partition coefficient (Wildman–Crippen LogP) is 1.86. The molecule has 70 valence electrons. The molecule has 1 fully saturated rings. The summed E-state index contributed by atoms with van der Waals surface area (Å²) in [7, 11) is 0. The molecule has 0 saturated carbocycles. The number of rotatable bonds is 1. The molecule has 1 unspecified atom stereocenters. The number of hydrogen-bond acceptors (Lipinski definition) is 3. The van der Waals surface area contributed by atoms with Crippen LogP contribution in [0.4, 0.5) is 5.82 Å². The Morgan fingerprint density at radius 1 is 1.46 bits per heavy atom. The van der Waals surface area contributed by atoms with E-state index in [4.69, 9.17) is 0 Å². The van der Waals surface area contributed by atoms with Crippen molar-refractivity contribution < 1.29 is 0 Å². The van der Waals surface area contributed by atoms with E-state index in [1.165, 1.54) is 19.3 Å². The maximum Gasteiger partial charge on any atom is 0.151 e. The third-order valence-corrected chi connectivity index (χ3v) is 2.66. The van der Waals surface area contributed by atoms with Gasteiger partial charge < -0.3 is 4.90 Å². The van der Waals surface area contributed by atoms with Crippen molar-refractivity contribution in [1.82, 2.24) is 10.2 Å². The van der Waals surface area contributed by atoms with E-state index in [0.29, 0.717) is 6.04 Å². The summed E-state index contributed by atoms with van der Waals surface area (Å²) in [4.78, 5) is 2.34. The highest BCUT2D eigenvalue weighted by molar-refractivity contribution is 5.37. The lowest BCUT2D eigenvalue weighted by atomic mass is 10.0. The van der Waals surface area contributed by atoms with E-state index < -0.39 is 0 Å². The molecule has 3 heteroatoms.